The lowest BCUT2D eigenvalue weighted by Crippen LogP contribution is -2.14. The lowest BCUT2D eigenvalue weighted by molar-refractivity contribution is 0.0807. The van der Waals surface area contributed by atoms with Crippen molar-refractivity contribution in [2.45, 2.75) is 26.7 Å². The van der Waals surface area contributed by atoms with Gasteiger partial charge in [0.25, 0.3) is 0 Å². The van der Waals surface area contributed by atoms with E-state index in [1.165, 1.54) is 12.1 Å². The van der Waals surface area contributed by atoms with Crippen molar-refractivity contribution < 1.29 is 9.13 Å². The Morgan fingerprint density at radius 1 is 1.33 bits per heavy atom. The van der Waals surface area contributed by atoms with Crippen LogP contribution in [0.3, 0.4) is 0 Å². The molecule has 1 fully saturated rings. The summed E-state index contributed by atoms with van der Waals surface area (Å²) in [5, 5.41) is 10.3. The van der Waals surface area contributed by atoms with Gasteiger partial charge in [0.05, 0.1) is 11.9 Å². The van der Waals surface area contributed by atoms with Gasteiger partial charge in [-0.1, -0.05) is 18.4 Å². The number of aryl methyl sites for hydroxylation is 2. The fourth-order valence-corrected chi connectivity index (χ4v) is 2.86. The molecular weight excluding hydrogens is 341 g/mol. The number of nitrogens with zero attached hydrogens (tertiary/aromatic N) is 1. The summed E-state index contributed by atoms with van der Waals surface area (Å²) >= 11 is 0. The van der Waals surface area contributed by atoms with Crippen LogP contribution in [0.25, 0.3) is 6.08 Å². The van der Waals surface area contributed by atoms with Gasteiger partial charge in [-0.05, 0) is 62.1 Å². The van der Waals surface area contributed by atoms with E-state index in [-0.39, 0.29) is 5.82 Å². The van der Waals surface area contributed by atoms with Gasteiger partial charge in [-0.15, -0.1) is 0 Å². The molecule has 1 aliphatic heterocycles. The average Bonchev–Trinajstić information content (AvgIpc) is 3.06. The van der Waals surface area contributed by atoms with Crippen LogP contribution in [0.5, 0.6) is 0 Å². The molecule has 0 atom stereocenters. The maximum Gasteiger partial charge on any atom is 0.123 e. The fraction of sp³-hybridized carbons (Fsp3) is 0.318. The van der Waals surface area contributed by atoms with Crippen LogP contribution in [-0.2, 0) is 4.74 Å². The maximum atomic E-state index is 13.4. The summed E-state index contributed by atoms with van der Waals surface area (Å²) in [7, 11) is 0. The Morgan fingerprint density at radius 2 is 2.11 bits per heavy atom. The number of benzene rings is 1. The lowest BCUT2D eigenvalue weighted by Gasteiger charge is -2.17. The number of hydrogen-bond donors (Lipinski definition) is 2. The molecule has 0 bridgehead atoms. The highest BCUT2D eigenvalue weighted by Gasteiger charge is 2.11. The minimum absolute atomic E-state index is 0.258. The predicted octanol–water partition coefficient (Wildman–Crippen LogP) is 4.60. The third-order valence-electron chi connectivity index (χ3n) is 4.59. The Kier molecular flexibility index (Phi) is 6.10. The summed E-state index contributed by atoms with van der Waals surface area (Å²) in [6.07, 6.45) is 5.61. The van der Waals surface area contributed by atoms with Crippen LogP contribution in [-0.4, -0.2) is 23.4 Å². The van der Waals surface area contributed by atoms with Crippen LogP contribution >= 0.6 is 0 Å². The van der Waals surface area contributed by atoms with Crippen LogP contribution in [0.4, 0.5) is 10.1 Å². The maximum absolute atomic E-state index is 13.4. The molecule has 0 amide bonds. The van der Waals surface area contributed by atoms with Crippen molar-refractivity contribution in [3.8, 4) is 11.8 Å². The predicted molar refractivity (Wildman–Crippen MR) is 107 cm³/mol. The number of aromatic amines is 1. The normalized spacial score (nSPS) is 15.1. The number of hydrogen-bond acceptors (Lipinski definition) is 3. The summed E-state index contributed by atoms with van der Waals surface area (Å²) in [6.45, 7) is 9.51. The first-order valence-electron chi connectivity index (χ1n) is 9.06. The van der Waals surface area contributed by atoms with E-state index in [0.717, 1.165) is 54.1 Å². The minimum Gasteiger partial charge on any atom is -0.381 e. The molecule has 4 nitrogen and oxygen atoms in total. The molecule has 1 aromatic carbocycles. The molecule has 0 saturated carbocycles. The number of allylic oxidation sites excluding steroid dienone is 1. The Hall–Kier alpha value is -2.84. The van der Waals surface area contributed by atoms with Gasteiger partial charge >= 0.3 is 0 Å². The zero-order valence-electron chi connectivity index (χ0n) is 15.7. The molecule has 5 heteroatoms. The van der Waals surface area contributed by atoms with Crippen molar-refractivity contribution in [2.75, 3.05) is 18.5 Å². The zero-order valence-corrected chi connectivity index (χ0v) is 15.7. The van der Waals surface area contributed by atoms with E-state index in [4.69, 9.17) is 4.74 Å². The van der Waals surface area contributed by atoms with Crippen molar-refractivity contribution in [3.63, 3.8) is 0 Å². The smallest absolute Gasteiger partial charge is 0.123 e. The van der Waals surface area contributed by atoms with Crippen molar-refractivity contribution in [1.29, 1.82) is 0 Å². The number of aromatic nitrogens is 2. The molecule has 1 saturated heterocycles. The van der Waals surface area contributed by atoms with Crippen LogP contribution in [0.2, 0.25) is 0 Å². The molecule has 27 heavy (non-hydrogen) atoms. The number of ether oxygens (including phenoxy) is 1. The van der Waals surface area contributed by atoms with Gasteiger partial charge in [0.1, 0.15) is 5.82 Å². The zero-order chi connectivity index (χ0) is 19.2. The first kappa shape index (κ1) is 18.9. The van der Waals surface area contributed by atoms with Crippen LogP contribution in [0, 0.1) is 37.4 Å². The van der Waals surface area contributed by atoms with E-state index >= 15 is 0 Å². The molecule has 0 aliphatic carbocycles. The molecule has 3 rings (SSSR count). The number of nitrogens with one attached hydrogen (secondary N) is 2. The third-order valence-corrected chi connectivity index (χ3v) is 4.59. The second-order valence-electron chi connectivity index (χ2n) is 6.74. The first-order valence-corrected chi connectivity index (χ1v) is 9.06. The van der Waals surface area contributed by atoms with E-state index in [2.05, 4.69) is 33.9 Å². The molecule has 0 spiro atoms. The molecular formula is C22H24FN3O. The van der Waals surface area contributed by atoms with E-state index < -0.39 is 0 Å². The largest absolute Gasteiger partial charge is 0.381 e. The third kappa shape index (κ3) is 5.08. The van der Waals surface area contributed by atoms with Crippen molar-refractivity contribution in [3.05, 3.63) is 64.9 Å². The average molecular weight is 365 g/mol. The summed E-state index contributed by atoms with van der Waals surface area (Å²) in [5.41, 5.74) is 4.99. The van der Waals surface area contributed by atoms with Crippen LogP contribution in [0.15, 0.2) is 42.2 Å². The summed E-state index contributed by atoms with van der Waals surface area (Å²) < 4.78 is 18.8. The molecule has 2 N–H and O–H groups in total. The summed E-state index contributed by atoms with van der Waals surface area (Å²) in [4.78, 5) is 0. The van der Waals surface area contributed by atoms with Gasteiger partial charge in [0, 0.05) is 36.1 Å². The molecule has 0 radical (unpaired) electrons. The van der Waals surface area contributed by atoms with E-state index in [1.54, 1.807) is 12.3 Å². The molecule has 1 aromatic heterocycles. The van der Waals surface area contributed by atoms with E-state index in [9.17, 15) is 4.39 Å². The van der Waals surface area contributed by atoms with Gasteiger partial charge in [0.15, 0.2) is 0 Å². The van der Waals surface area contributed by atoms with Crippen LogP contribution in [0.1, 0.15) is 29.7 Å². The Balaban J connectivity index is 1.86. The number of H-pyrrole nitrogens is 1. The van der Waals surface area contributed by atoms with Crippen molar-refractivity contribution in [2.24, 2.45) is 5.92 Å². The fourth-order valence-electron chi connectivity index (χ4n) is 2.86. The monoisotopic (exact) mass is 365 g/mol. The molecule has 1 aliphatic rings. The SMILES string of the molecule is C=C(Nc1ccc(F)cc1C)/C(C#CC1CCOCC1)=C\c1[nH]ncc1C. The van der Waals surface area contributed by atoms with E-state index in [1.807, 2.05) is 19.9 Å². The first-order chi connectivity index (χ1) is 13.0. The molecule has 2 heterocycles. The minimum atomic E-state index is -0.258. The summed E-state index contributed by atoms with van der Waals surface area (Å²) in [6, 6.07) is 4.63. The highest BCUT2D eigenvalue weighted by Crippen LogP contribution is 2.22. The van der Waals surface area contributed by atoms with Gasteiger partial charge in [0.2, 0.25) is 0 Å². The quantitative estimate of drug-likeness (QED) is 0.615. The number of rotatable bonds is 4. The Bertz CT molecular complexity index is 911. The highest BCUT2D eigenvalue weighted by molar-refractivity contribution is 5.69. The molecule has 2 aromatic rings. The number of halogens is 1. The van der Waals surface area contributed by atoms with Gasteiger partial charge in [-0.25, -0.2) is 4.39 Å². The Labute approximate surface area is 159 Å². The Morgan fingerprint density at radius 3 is 2.78 bits per heavy atom. The van der Waals surface area contributed by atoms with Crippen molar-refractivity contribution in [1.82, 2.24) is 10.2 Å². The van der Waals surface area contributed by atoms with E-state index in [0.29, 0.717) is 11.6 Å². The van der Waals surface area contributed by atoms with Gasteiger partial charge < -0.3 is 10.1 Å². The second kappa shape index (κ2) is 8.70. The van der Waals surface area contributed by atoms with Gasteiger partial charge in [-0.3, -0.25) is 5.10 Å². The summed E-state index contributed by atoms with van der Waals surface area (Å²) in [5.74, 6) is 6.69. The molecule has 140 valence electrons. The molecule has 0 unspecified atom stereocenters. The highest BCUT2D eigenvalue weighted by atomic mass is 19.1. The second-order valence-corrected chi connectivity index (χ2v) is 6.74. The lowest BCUT2D eigenvalue weighted by atomic mass is 10.00. The van der Waals surface area contributed by atoms with Crippen molar-refractivity contribution >= 4 is 11.8 Å². The standard InChI is InChI=1S/C22H24FN3O/c1-15-12-20(23)6-7-21(15)25-17(3)19(13-22-16(2)14-24-26-22)5-4-18-8-10-27-11-9-18/h6-7,12-14,18,25H,3,8-11H2,1-2H3,(H,24,26)/b19-13-. The number of anilines is 1. The topological polar surface area (TPSA) is 49.9 Å². The van der Waals surface area contributed by atoms with Crippen LogP contribution < -0.4 is 5.32 Å². The van der Waals surface area contributed by atoms with Gasteiger partial charge in [-0.2, -0.15) is 5.10 Å².